The summed E-state index contributed by atoms with van der Waals surface area (Å²) in [5.74, 6) is -1.82. The number of aliphatic hydroxyl groups excluding tert-OH is 1. The minimum Gasteiger partial charge on any atom is -0.503 e. The van der Waals surface area contributed by atoms with Gasteiger partial charge in [-0.1, -0.05) is 23.7 Å². The van der Waals surface area contributed by atoms with Gasteiger partial charge in [-0.3, -0.25) is 19.6 Å². The highest BCUT2D eigenvalue weighted by molar-refractivity contribution is 6.31. The molecule has 0 radical (unpaired) electrons. The number of nitrogens with zero attached hydrogens (tertiary/aromatic N) is 3. The maximum Gasteiger partial charge on any atom is 0.290 e. The molecule has 7 nitrogen and oxygen atoms in total. The first-order valence-electron chi connectivity index (χ1n) is 9.79. The SMILES string of the molecule is O=C(C1=C(O)C(=O)N(Cc2cccnc2)C1c1cccnc1)c1cc2cc(Cl)ccc2o1. The Labute approximate surface area is 187 Å². The molecule has 158 valence electrons. The van der Waals surface area contributed by atoms with Gasteiger partial charge in [0.15, 0.2) is 11.5 Å². The van der Waals surface area contributed by atoms with Crippen LogP contribution in [0, 0.1) is 0 Å². The lowest BCUT2D eigenvalue weighted by atomic mass is 9.96. The molecule has 5 rings (SSSR count). The number of rotatable bonds is 5. The van der Waals surface area contributed by atoms with Crippen molar-refractivity contribution in [1.82, 2.24) is 14.9 Å². The Morgan fingerprint density at radius 1 is 1.09 bits per heavy atom. The summed E-state index contributed by atoms with van der Waals surface area (Å²) >= 11 is 6.04. The third-order valence-corrected chi connectivity index (χ3v) is 5.56. The molecular formula is C24H16ClN3O4. The molecule has 1 N–H and O–H groups in total. The van der Waals surface area contributed by atoms with E-state index in [9.17, 15) is 14.7 Å². The molecule has 4 aromatic rings. The number of furan rings is 1. The van der Waals surface area contributed by atoms with Gasteiger partial charge in [0.05, 0.1) is 11.6 Å². The molecule has 0 bridgehead atoms. The summed E-state index contributed by atoms with van der Waals surface area (Å²) in [5.41, 5.74) is 1.77. The van der Waals surface area contributed by atoms with E-state index in [0.717, 1.165) is 5.56 Å². The summed E-state index contributed by atoms with van der Waals surface area (Å²) in [7, 11) is 0. The highest BCUT2D eigenvalue weighted by Crippen LogP contribution is 2.40. The number of hydrogen-bond acceptors (Lipinski definition) is 6. The number of aliphatic hydroxyl groups is 1. The second-order valence-electron chi connectivity index (χ2n) is 7.37. The van der Waals surface area contributed by atoms with Crippen molar-refractivity contribution in [3.63, 3.8) is 0 Å². The number of aromatic nitrogens is 2. The predicted octanol–water partition coefficient (Wildman–Crippen LogP) is 4.65. The van der Waals surface area contributed by atoms with Crippen molar-refractivity contribution in [3.05, 3.63) is 107 Å². The quantitative estimate of drug-likeness (QED) is 0.449. The zero-order valence-corrected chi connectivity index (χ0v) is 17.4. The van der Waals surface area contributed by atoms with Crippen molar-refractivity contribution >= 4 is 34.3 Å². The molecule has 0 fully saturated rings. The number of Topliss-reactive ketones (excluding diaryl/α,β-unsaturated/α-hetero) is 1. The predicted molar refractivity (Wildman–Crippen MR) is 117 cm³/mol. The summed E-state index contributed by atoms with van der Waals surface area (Å²) in [6.07, 6.45) is 6.43. The van der Waals surface area contributed by atoms with Gasteiger partial charge in [0.25, 0.3) is 5.91 Å². The third-order valence-electron chi connectivity index (χ3n) is 5.33. The molecule has 0 aliphatic carbocycles. The van der Waals surface area contributed by atoms with Crippen LogP contribution in [-0.4, -0.2) is 31.7 Å². The fourth-order valence-corrected chi connectivity index (χ4v) is 4.06. The second-order valence-corrected chi connectivity index (χ2v) is 7.80. The fraction of sp³-hybridized carbons (Fsp3) is 0.0833. The smallest absolute Gasteiger partial charge is 0.290 e. The van der Waals surface area contributed by atoms with Crippen LogP contribution in [0.3, 0.4) is 0 Å². The molecule has 1 amide bonds. The Morgan fingerprint density at radius 3 is 2.59 bits per heavy atom. The van der Waals surface area contributed by atoms with Crippen LogP contribution in [-0.2, 0) is 11.3 Å². The Kier molecular flexibility index (Phi) is 4.95. The molecule has 1 aliphatic heterocycles. The molecule has 0 spiro atoms. The van der Waals surface area contributed by atoms with Crippen LogP contribution in [0.5, 0.6) is 0 Å². The van der Waals surface area contributed by atoms with E-state index in [-0.39, 0.29) is 17.9 Å². The van der Waals surface area contributed by atoms with Gasteiger partial charge in [-0.2, -0.15) is 0 Å². The molecule has 1 unspecified atom stereocenters. The highest BCUT2D eigenvalue weighted by atomic mass is 35.5. The molecule has 8 heteroatoms. The van der Waals surface area contributed by atoms with E-state index >= 15 is 0 Å². The topological polar surface area (TPSA) is 96.5 Å². The number of benzene rings is 1. The van der Waals surface area contributed by atoms with E-state index < -0.39 is 23.5 Å². The number of carbonyl (C=O) groups excluding carboxylic acids is 2. The number of pyridine rings is 2. The maximum absolute atomic E-state index is 13.5. The van der Waals surface area contributed by atoms with Gasteiger partial charge in [-0.15, -0.1) is 0 Å². The number of ketones is 1. The van der Waals surface area contributed by atoms with E-state index in [0.29, 0.717) is 21.6 Å². The number of halogens is 1. The average molecular weight is 446 g/mol. The van der Waals surface area contributed by atoms with Crippen LogP contribution < -0.4 is 0 Å². The van der Waals surface area contributed by atoms with Crippen molar-refractivity contribution in [3.8, 4) is 0 Å². The van der Waals surface area contributed by atoms with Gasteiger partial charge in [0, 0.05) is 41.7 Å². The monoisotopic (exact) mass is 445 g/mol. The molecule has 3 aromatic heterocycles. The van der Waals surface area contributed by atoms with Crippen LogP contribution in [0.2, 0.25) is 5.02 Å². The lowest BCUT2D eigenvalue weighted by Gasteiger charge is -2.26. The minimum atomic E-state index is -0.833. The van der Waals surface area contributed by atoms with Crippen molar-refractivity contribution in [2.24, 2.45) is 0 Å². The summed E-state index contributed by atoms with van der Waals surface area (Å²) in [6, 6.07) is 12.8. The third kappa shape index (κ3) is 3.42. The lowest BCUT2D eigenvalue weighted by Crippen LogP contribution is -2.30. The molecular weight excluding hydrogens is 430 g/mol. The van der Waals surface area contributed by atoms with Gasteiger partial charge in [-0.25, -0.2) is 0 Å². The van der Waals surface area contributed by atoms with E-state index in [1.54, 1.807) is 67.3 Å². The zero-order chi connectivity index (χ0) is 22.2. The van der Waals surface area contributed by atoms with Crippen LogP contribution in [0.4, 0.5) is 0 Å². The van der Waals surface area contributed by atoms with E-state index in [4.69, 9.17) is 16.0 Å². The van der Waals surface area contributed by atoms with Crippen LogP contribution in [0.25, 0.3) is 11.0 Å². The van der Waals surface area contributed by atoms with Crippen LogP contribution in [0.15, 0.2) is 89.1 Å². The van der Waals surface area contributed by atoms with Crippen molar-refractivity contribution < 1.29 is 19.1 Å². The molecule has 1 aromatic carbocycles. The molecule has 1 aliphatic rings. The Morgan fingerprint density at radius 2 is 1.88 bits per heavy atom. The first-order chi connectivity index (χ1) is 15.5. The van der Waals surface area contributed by atoms with E-state index in [1.165, 1.54) is 4.90 Å². The van der Waals surface area contributed by atoms with E-state index in [2.05, 4.69) is 9.97 Å². The average Bonchev–Trinajstić information content (AvgIpc) is 3.34. The first-order valence-corrected chi connectivity index (χ1v) is 10.2. The minimum absolute atomic E-state index is 0.00809. The molecule has 32 heavy (non-hydrogen) atoms. The van der Waals surface area contributed by atoms with E-state index in [1.807, 2.05) is 6.07 Å². The van der Waals surface area contributed by atoms with Gasteiger partial charge < -0.3 is 14.4 Å². The number of amides is 1. The normalized spacial score (nSPS) is 16.2. The second kappa shape index (κ2) is 7.94. The Balaban J connectivity index is 1.59. The summed E-state index contributed by atoms with van der Waals surface area (Å²) in [5, 5.41) is 11.9. The molecule has 1 atom stereocenters. The molecule has 0 saturated carbocycles. The molecule has 0 saturated heterocycles. The molecule has 4 heterocycles. The van der Waals surface area contributed by atoms with Crippen molar-refractivity contribution in [2.75, 3.05) is 0 Å². The Hall–Kier alpha value is -3.97. The number of hydrogen-bond donors (Lipinski definition) is 1. The van der Waals surface area contributed by atoms with Gasteiger partial charge in [0.1, 0.15) is 5.58 Å². The van der Waals surface area contributed by atoms with Gasteiger partial charge in [0.2, 0.25) is 5.78 Å². The largest absolute Gasteiger partial charge is 0.503 e. The van der Waals surface area contributed by atoms with Crippen LogP contribution >= 0.6 is 11.6 Å². The Bertz CT molecular complexity index is 1370. The van der Waals surface area contributed by atoms with Crippen molar-refractivity contribution in [2.45, 2.75) is 12.6 Å². The standard InChI is InChI=1S/C24H16ClN3O4/c25-17-5-6-18-16(9-17)10-19(32-18)22(29)20-21(15-4-2-8-27-12-15)28(24(31)23(20)30)13-14-3-1-7-26-11-14/h1-12,21,30H,13H2. The fourth-order valence-electron chi connectivity index (χ4n) is 3.88. The maximum atomic E-state index is 13.5. The highest BCUT2D eigenvalue weighted by Gasteiger charge is 2.44. The number of carbonyl (C=O) groups is 2. The lowest BCUT2D eigenvalue weighted by molar-refractivity contribution is -0.130. The summed E-state index contributed by atoms with van der Waals surface area (Å²) < 4.78 is 5.71. The zero-order valence-electron chi connectivity index (χ0n) is 16.6. The first kappa shape index (κ1) is 20.0. The summed E-state index contributed by atoms with van der Waals surface area (Å²) in [4.78, 5) is 36.2. The van der Waals surface area contributed by atoms with Crippen LogP contribution in [0.1, 0.15) is 27.7 Å². The van der Waals surface area contributed by atoms with Crippen molar-refractivity contribution in [1.29, 1.82) is 0 Å². The number of fused-ring (bicyclic) bond motifs is 1. The van der Waals surface area contributed by atoms with Gasteiger partial charge in [-0.05, 0) is 47.5 Å². The van der Waals surface area contributed by atoms with Gasteiger partial charge >= 0.3 is 0 Å². The summed E-state index contributed by atoms with van der Waals surface area (Å²) in [6.45, 7) is 0.156.